The highest BCUT2D eigenvalue weighted by atomic mass is 16.5. The zero-order valence-corrected chi connectivity index (χ0v) is 10.9. The summed E-state index contributed by atoms with van der Waals surface area (Å²) in [5.74, 6) is -0.631. The molecule has 0 aromatic heterocycles. The average Bonchev–Trinajstić information content (AvgIpc) is 2.36. The first-order valence-corrected chi connectivity index (χ1v) is 5.94. The minimum Gasteiger partial charge on any atom is -0.482 e. The Labute approximate surface area is 111 Å². The van der Waals surface area contributed by atoms with Crippen molar-refractivity contribution in [2.24, 2.45) is 0 Å². The lowest BCUT2D eigenvalue weighted by Gasteiger charge is -2.30. The molecule has 1 aliphatic heterocycles. The highest BCUT2D eigenvalue weighted by Crippen LogP contribution is 2.32. The Kier molecular flexibility index (Phi) is 3.71. The fourth-order valence-corrected chi connectivity index (χ4v) is 1.88. The molecule has 1 N–H and O–H groups in total. The quantitative estimate of drug-likeness (QED) is 0.865. The number of rotatable bonds is 4. The highest BCUT2D eigenvalue weighted by Gasteiger charge is 2.26. The van der Waals surface area contributed by atoms with Crippen LogP contribution >= 0.6 is 0 Å². The molecule has 102 valence electrons. The number of hydrogen-bond acceptors (Lipinski definition) is 4. The van der Waals surface area contributed by atoms with E-state index in [1.807, 2.05) is 19.0 Å². The molecule has 1 aromatic carbocycles. The molecule has 0 aliphatic carbocycles. The van der Waals surface area contributed by atoms with Crippen LogP contribution in [0.5, 0.6) is 5.75 Å². The standard InChI is InChI=1S/C13H16N2O4/c1-14(2)5-6-15-10-7-9(13(17)18)3-4-11(10)19-8-12(15)16/h3-4,7H,5-6,8H2,1-2H3,(H,17,18). The number of anilines is 1. The van der Waals surface area contributed by atoms with E-state index in [-0.39, 0.29) is 18.1 Å². The van der Waals surface area contributed by atoms with Crippen molar-refractivity contribution < 1.29 is 19.4 Å². The number of fused-ring (bicyclic) bond motifs is 1. The van der Waals surface area contributed by atoms with E-state index in [4.69, 9.17) is 9.84 Å². The Morgan fingerprint density at radius 3 is 2.84 bits per heavy atom. The SMILES string of the molecule is CN(C)CCN1C(=O)COc2ccc(C(=O)O)cc21. The van der Waals surface area contributed by atoms with E-state index in [0.717, 1.165) is 0 Å². The predicted molar refractivity (Wildman–Crippen MR) is 69.8 cm³/mol. The molecule has 1 aliphatic rings. The lowest BCUT2D eigenvalue weighted by molar-refractivity contribution is -0.121. The Morgan fingerprint density at radius 1 is 1.47 bits per heavy atom. The first kappa shape index (κ1) is 13.4. The van der Waals surface area contributed by atoms with Gasteiger partial charge in [-0.3, -0.25) is 4.79 Å². The molecule has 6 nitrogen and oxygen atoms in total. The second kappa shape index (κ2) is 5.27. The maximum atomic E-state index is 11.9. The van der Waals surface area contributed by atoms with Gasteiger partial charge in [0.1, 0.15) is 5.75 Å². The van der Waals surface area contributed by atoms with Crippen molar-refractivity contribution in [1.29, 1.82) is 0 Å². The summed E-state index contributed by atoms with van der Waals surface area (Å²) in [5, 5.41) is 9.00. The van der Waals surface area contributed by atoms with Gasteiger partial charge in [0.2, 0.25) is 0 Å². The molecule has 0 atom stereocenters. The fraction of sp³-hybridized carbons (Fsp3) is 0.385. The van der Waals surface area contributed by atoms with Gasteiger partial charge in [-0.15, -0.1) is 0 Å². The van der Waals surface area contributed by atoms with Crippen LogP contribution in [0.4, 0.5) is 5.69 Å². The monoisotopic (exact) mass is 264 g/mol. The van der Waals surface area contributed by atoms with Gasteiger partial charge in [-0.1, -0.05) is 0 Å². The second-order valence-corrected chi connectivity index (χ2v) is 4.62. The number of carboxylic acid groups (broad SMARTS) is 1. The maximum absolute atomic E-state index is 11.9. The Hall–Kier alpha value is -2.08. The second-order valence-electron chi connectivity index (χ2n) is 4.62. The molecule has 2 rings (SSSR count). The van der Waals surface area contributed by atoms with Gasteiger partial charge in [0.15, 0.2) is 6.61 Å². The molecule has 0 spiro atoms. The van der Waals surface area contributed by atoms with E-state index in [0.29, 0.717) is 24.5 Å². The third-order valence-corrected chi connectivity index (χ3v) is 2.92. The van der Waals surface area contributed by atoms with Crippen LogP contribution in [-0.4, -0.2) is 55.7 Å². The number of likely N-dealkylation sites (N-methyl/N-ethyl adjacent to an activating group) is 1. The number of hydrogen-bond donors (Lipinski definition) is 1. The van der Waals surface area contributed by atoms with Crippen LogP contribution in [0.15, 0.2) is 18.2 Å². The normalized spacial score (nSPS) is 14.3. The fourth-order valence-electron chi connectivity index (χ4n) is 1.88. The molecule has 1 heterocycles. The lowest BCUT2D eigenvalue weighted by atomic mass is 10.1. The third kappa shape index (κ3) is 2.85. The summed E-state index contributed by atoms with van der Waals surface area (Å²) in [6.45, 7) is 1.20. The van der Waals surface area contributed by atoms with Crippen LogP contribution in [0.1, 0.15) is 10.4 Å². The molecule has 1 amide bonds. The van der Waals surface area contributed by atoms with Crippen LogP contribution in [0.3, 0.4) is 0 Å². The Bertz CT molecular complexity index is 513. The van der Waals surface area contributed by atoms with E-state index in [2.05, 4.69) is 0 Å². The van der Waals surface area contributed by atoms with Crippen LogP contribution in [0, 0.1) is 0 Å². The van der Waals surface area contributed by atoms with Gasteiger partial charge in [-0.2, -0.15) is 0 Å². The van der Waals surface area contributed by atoms with Gasteiger partial charge >= 0.3 is 5.97 Å². The number of carbonyl (C=O) groups excluding carboxylic acids is 1. The average molecular weight is 264 g/mol. The zero-order chi connectivity index (χ0) is 14.0. The van der Waals surface area contributed by atoms with Crippen molar-refractivity contribution in [3.05, 3.63) is 23.8 Å². The van der Waals surface area contributed by atoms with E-state index in [1.54, 1.807) is 11.0 Å². The lowest BCUT2D eigenvalue weighted by Crippen LogP contribution is -2.42. The van der Waals surface area contributed by atoms with Gasteiger partial charge in [0.05, 0.1) is 11.3 Å². The number of benzene rings is 1. The number of nitrogens with zero attached hydrogens (tertiary/aromatic N) is 2. The Balaban J connectivity index is 2.32. The van der Waals surface area contributed by atoms with Crippen molar-refractivity contribution in [3.8, 4) is 5.75 Å². The summed E-state index contributed by atoms with van der Waals surface area (Å²) >= 11 is 0. The molecule has 19 heavy (non-hydrogen) atoms. The Morgan fingerprint density at radius 2 is 2.21 bits per heavy atom. The minimum atomic E-state index is -1.02. The van der Waals surface area contributed by atoms with Crippen molar-refractivity contribution in [2.75, 3.05) is 38.7 Å². The van der Waals surface area contributed by atoms with Crippen LogP contribution < -0.4 is 9.64 Å². The smallest absolute Gasteiger partial charge is 0.335 e. The van der Waals surface area contributed by atoms with Crippen molar-refractivity contribution >= 4 is 17.6 Å². The topological polar surface area (TPSA) is 70.1 Å². The van der Waals surface area contributed by atoms with Crippen molar-refractivity contribution in [3.63, 3.8) is 0 Å². The number of amides is 1. The van der Waals surface area contributed by atoms with Gasteiger partial charge in [0.25, 0.3) is 5.91 Å². The third-order valence-electron chi connectivity index (χ3n) is 2.92. The predicted octanol–water partition coefficient (Wildman–Crippen LogP) is 0.672. The van der Waals surface area contributed by atoms with Gasteiger partial charge in [-0.25, -0.2) is 4.79 Å². The molecule has 0 saturated carbocycles. The molecule has 0 radical (unpaired) electrons. The number of carboxylic acids is 1. The summed E-state index contributed by atoms with van der Waals surface area (Å²) in [5.41, 5.74) is 0.671. The first-order chi connectivity index (χ1) is 8.99. The first-order valence-electron chi connectivity index (χ1n) is 5.94. The summed E-state index contributed by atoms with van der Waals surface area (Å²) in [6, 6.07) is 4.54. The summed E-state index contributed by atoms with van der Waals surface area (Å²) in [6.07, 6.45) is 0. The van der Waals surface area contributed by atoms with Gasteiger partial charge in [-0.05, 0) is 32.3 Å². The number of aromatic carboxylic acids is 1. The van der Waals surface area contributed by atoms with Crippen molar-refractivity contribution in [1.82, 2.24) is 4.90 Å². The molecule has 0 unspecified atom stereocenters. The number of ether oxygens (including phenoxy) is 1. The van der Waals surface area contributed by atoms with E-state index in [1.165, 1.54) is 12.1 Å². The summed E-state index contributed by atoms with van der Waals surface area (Å²) in [7, 11) is 3.83. The molecular formula is C13H16N2O4. The summed E-state index contributed by atoms with van der Waals surface area (Å²) < 4.78 is 5.31. The number of carbonyl (C=O) groups is 2. The van der Waals surface area contributed by atoms with E-state index >= 15 is 0 Å². The van der Waals surface area contributed by atoms with Crippen LogP contribution in [0.25, 0.3) is 0 Å². The maximum Gasteiger partial charge on any atom is 0.335 e. The highest BCUT2D eigenvalue weighted by molar-refractivity contribution is 5.99. The largest absolute Gasteiger partial charge is 0.482 e. The molecular weight excluding hydrogens is 248 g/mol. The molecule has 0 fully saturated rings. The van der Waals surface area contributed by atoms with Gasteiger partial charge in [0, 0.05) is 13.1 Å². The van der Waals surface area contributed by atoms with E-state index in [9.17, 15) is 9.59 Å². The van der Waals surface area contributed by atoms with Crippen LogP contribution in [-0.2, 0) is 4.79 Å². The zero-order valence-electron chi connectivity index (χ0n) is 10.9. The minimum absolute atomic E-state index is 0.00710. The molecule has 0 bridgehead atoms. The van der Waals surface area contributed by atoms with E-state index < -0.39 is 5.97 Å². The molecule has 1 aromatic rings. The van der Waals surface area contributed by atoms with Crippen molar-refractivity contribution in [2.45, 2.75) is 0 Å². The molecule has 0 saturated heterocycles. The van der Waals surface area contributed by atoms with Gasteiger partial charge < -0.3 is 19.6 Å². The summed E-state index contributed by atoms with van der Waals surface area (Å²) in [4.78, 5) is 26.4. The molecule has 6 heteroatoms. The van der Waals surface area contributed by atoms with Crippen LogP contribution in [0.2, 0.25) is 0 Å².